The summed E-state index contributed by atoms with van der Waals surface area (Å²) in [5.74, 6) is 0.165. The van der Waals surface area contributed by atoms with Gasteiger partial charge in [-0.3, -0.25) is 4.79 Å². The van der Waals surface area contributed by atoms with Crippen LogP contribution in [-0.2, 0) is 0 Å². The average molecular weight is 375 g/mol. The van der Waals surface area contributed by atoms with Crippen molar-refractivity contribution in [2.24, 2.45) is 0 Å². The van der Waals surface area contributed by atoms with Crippen molar-refractivity contribution in [3.63, 3.8) is 0 Å². The highest BCUT2D eigenvalue weighted by Gasteiger charge is 2.27. The highest BCUT2D eigenvalue weighted by Crippen LogP contribution is 2.25. The maximum Gasteiger partial charge on any atom is 0.254 e. The Morgan fingerprint density at radius 1 is 1.44 bits per heavy atom. The Morgan fingerprint density at radius 3 is 2.94 bits per heavy atom. The number of halogens is 2. The summed E-state index contributed by atoms with van der Waals surface area (Å²) in [4.78, 5) is 14.6. The summed E-state index contributed by atoms with van der Waals surface area (Å²) >= 11 is 7.01. The molecule has 98 valence electrons. The number of carbonyl (C=O) groups is 1. The van der Waals surface area contributed by atoms with E-state index in [9.17, 15) is 4.79 Å². The van der Waals surface area contributed by atoms with Crippen molar-refractivity contribution in [3.8, 4) is 0 Å². The van der Waals surface area contributed by atoms with Gasteiger partial charge in [-0.05, 0) is 43.9 Å². The van der Waals surface area contributed by atoms with Crippen LogP contribution in [0, 0.1) is 6.92 Å². The molecule has 1 heterocycles. The summed E-state index contributed by atoms with van der Waals surface area (Å²) in [5, 5.41) is 0.867. The zero-order chi connectivity index (χ0) is 13.1. The molecule has 1 unspecified atom stereocenters. The quantitative estimate of drug-likeness (QED) is 0.712. The first kappa shape index (κ1) is 14.1. The van der Waals surface area contributed by atoms with E-state index in [1.165, 1.54) is 6.42 Å². The van der Waals surface area contributed by atoms with Crippen LogP contribution in [0.4, 0.5) is 0 Å². The molecule has 0 aromatic heterocycles. The van der Waals surface area contributed by atoms with Crippen molar-refractivity contribution in [1.82, 2.24) is 4.90 Å². The number of likely N-dealkylation sites (tertiary alicyclic amines) is 1. The lowest BCUT2D eigenvalue weighted by Gasteiger charge is -2.35. The number of piperidine rings is 1. The molecular formula is C14H17Br2NO. The zero-order valence-corrected chi connectivity index (χ0v) is 13.6. The van der Waals surface area contributed by atoms with Crippen LogP contribution in [-0.4, -0.2) is 28.7 Å². The van der Waals surface area contributed by atoms with Crippen LogP contribution < -0.4 is 0 Å². The van der Waals surface area contributed by atoms with Crippen LogP contribution in [0.25, 0.3) is 0 Å². The molecular weight excluding hydrogens is 358 g/mol. The van der Waals surface area contributed by atoms with Gasteiger partial charge in [-0.1, -0.05) is 37.9 Å². The molecule has 18 heavy (non-hydrogen) atoms. The SMILES string of the molecule is Cc1c(Br)cccc1C(=O)N1CCCCC1CBr. The molecule has 1 fully saturated rings. The number of nitrogens with zero attached hydrogens (tertiary/aromatic N) is 1. The second kappa shape index (κ2) is 6.20. The van der Waals surface area contributed by atoms with Crippen molar-refractivity contribution >= 4 is 37.8 Å². The van der Waals surface area contributed by atoms with Crippen molar-refractivity contribution < 1.29 is 4.79 Å². The first-order chi connectivity index (χ1) is 8.65. The summed E-state index contributed by atoms with van der Waals surface area (Å²) in [7, 11) is 0. The van der Waals surface area contributed by atoms with E-state index in [4.69, 9.17) is 0 Å². The Morgan fingerprint density at radius 2 is 2.22 bits per heavy atom. The summed E-state index contributed by atoms with van der Waals surface area (Å²) < 4.78 is 1.00. The molecule has 0 saturated carbocycles. The lowest BCUT2D eigenvalue weighted by molar-refractivity contribution is 0.0641. The van der Waals surface area contributed by atoms with E-state index in [0.29, 0.717) is 6.04 Å². The van der Waals surface area contributed by atoms with Gasteiger partial charge in [0, 0.05) is 28.0 Å². The minimum atomic E-state index is 0.165. The third kappa shape index (κ3) is 2.80. The number of rotatable bonds is 2. The Labute approximate surface area is 125 Å². The molecule has 1 aromatic carbocycles. The molecule has 1 atom stereocenters. The van der Waals surface area contributed by atoms with Gasteiger partial charge < -0.3 is 4.90 Å². The van der Waals surface area contributed by atoms with Crippen LogP contribution in [0.2, 0.25) is 0 Å². The minimum absolute atomic E-state index is 0.165. The van der Waals surface area contributed by atoms with Crippen molar-refractivity contribution in [1.29, 1.82) is 0 Å². The van der Waals surface area contributed by atoms with Gasteiger partial charge in [-0.2, -0.15) is 0 Å². The first-order valence-corrected chi connectivity index (χ1v) is 8.18. The van der Waals surface area contributed by atoms with Crippen LogP contribution >= 0.6 is 31.9 Å². The van der Waals surface area contributed by atoms with E-state index in [1.54, 1.807) is 0 Å². The Balaban J connectivity index is 2.27. The number of amides is 1. The van der Waals surface area contributed by atoms with Crippen LogP contribution in [0.1, 0.15) is 35.2 Å². The number of benzene rings is 1. The first-order valence-electron chi connectivity index (χ1n) is 6.27. The van der Waals surface area contributed by atoms with Gasteiger partial charge in [0.05, 0.1) is 0 Å². The normalized spacial score (nSPS) is 19.9. The van der Waals surface area contributed by atoms with Crippen molar-refractivity contribution in [3.05, 3.63) is 33.8 Å². The number of alkyl halides is 1. The lowest BCUT2D eigenvalue weighted by atomic mass is 10.0. The summed E-state index contributed by atoms with van der Waals surface area (Å²) in [6.45, 7) is 2.87. The topological polar surface area (TPSA) is 20.3 Å². The highest BCUT2D eigenvalue weighted by molar-refractivity contribution is 9.10. The van der Waals surface area contributed by atoms with Crippen molar-refractivity contribution in [2.75, 3.05) is 11.9 Å². The molecule has 2 rings (SSSR count). The van der Waals surface area contributed by atoms with Crippen molar-refractivity contribution in [2.45, 2.75) is 32.2 Å². The molecule has 1 aromatic rings. The molecule has 1 amide bonds. The minimum Gasteiger partial charge on any atom is -0.335 e. The van der Waals surface area contributed by atoms with Gasteiger partial charge in [0.2, 0.25) is 0 Å². The number of hydrogen-bond donors (Lipinski definition) is 0. The number of carbonyl (C=O) groups excluding carboxylic acids is 1. The molecule has 1 aliphatic heterocycles. The molecule has 0 spiro atoms. The molecule has 1 aliphatic rings. The van der Waals surface area contributed by atoms with Gasteiger partial charge in [0.15, 0.2) is 0 Å². The van der Waals surface area contributed by atoms with E-state index >= 15 is 0 Å². The second-order valence-electron chi connectivity index (χ2n) is 4.71. The van der Waals surface area contributed by atoms with E-state index in [2.05, 4.69) is 31.9 Å². The fourth-order valence-electron chi connectivity index (χ4n) is 2.42. The van der Waals surface area contributed by atoms with Gasteiger partial charge >= 0.3 is 0 Å². The third-order valence-corrected chi connectivity index (χ3v) is 5.17. The molecule has 4 heteroatoms. The highest BCUT2D eigenvalue weighted by atomic mass is 79.9. The molecule has 0 aliphatic carbocycles. The predicted octanol–water partition coefficient (Wildman–Crippen LogP) is 4.15. The average Bonchev–Trinajstić information content (AvgIpc) is 2.41. The standard InChI is InChI=1S/C14H17Br2NO/c1-10-12(6-4-7-13(10)16)14(18)17-8-3-2-5-11(17)9-15/h4,6-7,11H,2-3,5,8-9H2,1H3. The fraction of sp³-hybridized carbons (Fsp3) is 0.500. The monoisotopic (exact) mass is 373 g/mol. The van der Waals surface area contributed by atoms with Gasteiger partial charge in [-0.25, -0.2) is 0 Å². The van der Waals surface area contributed by atoms with Gasteiger partial charge in [0.1, 0.15) is 0 Å². The molecule has 0 bridgehead atoms. The fourth-order valence-corrected chi connectivity index (χ4v) is 3.46. The molecule has 2 nitrogen and oxygen atoms in total. The third-order valence-electron chi connectivity index (χ3n) is 3.56. The zero-order valence-electron chi connectivity index (χ0n) is 10.5. The summed E-state index contributed by atoms with van der Waals surface area (Å²) in [6.07, 6.45) is 3.43. The van der Waals surface area contributed by atoms with Crippen LogP contribution in [0.5, 0.6) is 0 Å². The lowest BCUT2D eigenvalue weighted by Crippen LogP contribution is -2.44. The molecule has 1 saturated heterocycles. The van der Waals surface area contributed by atoms with E-state index < -0.39 is 0 Å². The largest absolute Gasteiger partial charge is 0.335 e. The molecule has 0 radical (unpaired) electrons. The van der Waals surface area contributed by atoms with E-state index in [0.717, 1.165) is 40.3 Å². The van der Waals surface area contributed by atoms with E-state index in [1.807, 2.05) is 30.0 Å². The predicted molar refractivity (Wildman–Crippen MR) is 81.3 cm³/mol. The van der Waals surface area contributed by atoms with Crippen LogP contribution in [0.15, 0.2) is 22.7 Å². The Bertz CT molecular complexity index is 447. The maximum absolute atomic E-state index is 12.6. The Kier molecular flexibility index (Phi) is 4.84. The molecule has 0 N–H and O–H groups in total. The Hall–Kier alpha value is -0.350. The summed E-state index contributed by atoms with van der Waals surface area (Å²) in [6, 6.07) is 6.16. The summed E-state index contributed by atoms with van der Waals surface area (Å²) in [5.41, 5.74) is 1.85. The van der Waals surface area contributed by atoms with E-state index in [-0.39, 0.29) is 5.91 Å². The van der Waals surface area contributed by atoms with Crippen LogP contribution in [0.3, 0.4) is 0 Å². The smallest absolute Gasteiger partial charge is 0.254 e. The second-order valence-corrected chi connectivity index (χ2v) is 6.22. The van der Waals surface area contributed by atoms with Gasteiger partial charge in [-0.15, -0.1) is 0 Å². The van der Waals surface area contributed by atoms with Gasteiger partial charge in [0.25, 0.3) is 5.91 Å². The maximum atomic E-state index is 12.6. The number of hydrogen-bond acceptors (Lipinski definition) is 1.